The molecule has 2 aromatic carbocycles. The van der Waals surface area contributed by atoms with Gasteiger partial charge in [0.1, 0.15) is 16.3 Å². The first kappa shape index (κ1) is 17.5. The molecule has 0 heterocycles. The minimum Gasteiger partial charge on any atom is -0.465 e. The van der Waals surface area contributed by atoms with Crippen molar-refractivity contribution >= 4 is 21.9 Å². The molecule has 1 unspecified atom stereocenters. The van der Waals surface area contributed by atoms with E-state index in [1.54, 1.807) is 0 Å². The van der Waals surface area contributed by atoms with Crippen LogP contribution in [0.5, 0.6) is 11.5 Å². The van der Waals surface area contributed by atoms with Gasteiger partial charge in [0, 0.05) is 0 Å². The summed E-state index contributed by atoms with van der Waals surface area (Å²) in [5.41, 5.74) is 1.23. The Kier molecular flexibility index (Phi) is 7.14. The number of aryl methyl sites for hydroxylation is 1. The lowest BCUT2D eigenvalue weighted by molar-refractivity contribution is -0.142. The molecule has 3 nitrogen and oxygen atoms in total. The second-order valence-electron chi connectivity index (χ2n) is 5.17. The molecule has 0 spiro atoms. The van der Waals surface area contributed by atoms with Gasteiger partial charge < -0.3 is 9.47 Å². The Morgan fingerprint density at radius 1 is 1.04 bits per heavy atom. The van der Waals surface area contributed by atoms with Crippen molar-refractivity contribution in [2.24, 2.45) is 0 Å². The quantitative estimate of drug-likeness (QED) is 0.473. The summed E-state index contributed by atoms with van der Waals surface area (Å²) in [6.07, 6.45) is 2.61. The molecule has 1 atom stereocenters. The average Bonchev–Trinajstić information content (AvgIpc) is 2.57. The third-order valence-electron chi connectivity index (χ3n) is 3.37. The zero-order chi connectivity index (χ0) is 16.5. The van der Waals surface area contributed by atoms with E-state index in [1.165, 1.54) is 5.56 Å². The van der Waals surface area contributed by atoms with Gasteiger partial charge in [-0.25, -0.2) is 0 Å². The lowest BCUT2D eigenvalue weighted by atomic mass is 10.1. The predicted octanol–water partition coefficient (Wildman–Crippen LogP) is 5.13. The van der Waals surface area contributed by atoms with Crippen LogP contribution in [0, 0.1) is 0 Å². The largest absolute Gasteiger partial charge is 0.465 e. The summed E-state index contributed by atoms with van der Waals surface area (Å²) in [6.45, 7) is 2.24. The molecule has 0 aromatic heterocycles. The lowest BCUT2D eigenvalue weighted by Crippen LogP contribution is -2.17. The number of ether oxygens (including phenoxy) is 2. The maximum atomic E-state index is 11.5. The van der Waals surface area contributed by atoms with Crippen LogP contribution in [0.2, 0.25) is 0 Å². The van der Waals surface area contributed by atoms with Gasteiger partial charge in [0.25, 0.3) is 0 Å². The molecule has 2 rings (SSSR count). The Hall–Kier alpha value is -1.81. The molecule has 0 saturated heterocycles. The molecule has 0 bridgehead atoms. The van der Waals surface area contributed by atoms with Crippen LogP contribution in [-0.2, 0) is 16.0 Å². The van der Waals surface area contributed by atoms with Gasteiger partial charge >= 0.3 is 5.97 Å². The standard InChI is InChI=1S/C19H21BrO3/c1-2-22-19(21)18(20)10-6-7-15-11-13-17(14-12-15)23-16-8-4-3-5-9-16/h3-5,8-9,11-14,18H,2,6-7,10H2,1H3. The number of hydrogen-bond acceptors (Lipinski definition) is 3. The fraction of sp³-hybridized carbons (Fsp3) is 0.316. The molecule has 0 N–H and O–H groups in total. The first-order valence-electron chi connectivity index (χ1n) is 7.81. The topological polar surface area (TPSA) is 35.5 Å². The molecule has 0 fully saturated rings. The van der Waals surface area contributed by atoms with Crippen molar-refractivity contribution in [2.75, 3.05) is 6.61 Å². The molecule has 0 radical (unpaired) electrons. The van der Waals surface area contributed by atoms with Crippen LogP contribution < -0.4 is 4.74 Å². The summed E-state index contributed by atoms with van der Waals surface area (Å²) >= 11 is 3.37. The number of rotatable bonds is 8. The van der Waals surface area contributed by atoms with Gasteiger partial charge in [0.2, 0.25) is 0 Å². The Morgan fingerprint density at radius 3 is 2.35 bits per heavy atom. The SMILES string of the molecule is CCOC(=O)C(Br)CCCc1ccc(Oc2ccccc2)cc1. The van der Waals surface area contributed by atoms with Gasteiger partial charge in [-0.2, -0.15) is 0 Å². The van der Waals surface area contributed by atoms with E-state index in [4.69, 9.17) is 9.47 Å². The maximum Gasteiger partial charge on any atom is 0.319 e. The molecule has 0 aliphatic rings. The Balaban J connectivity index is 1.78. The lowest BCUT2D eigenvalue weighted by Gasteiger charge is -2.09. The van der Waals surface area contributed by atoms with Crippen molar-refractivity contribution in [3.8, 4) is 11.5 Å². The van der Waals surface area contributed by atoms with Crippen molar-refractivity contribution < 1.29 is 14.3 Å². The highest BCUT2D eigenvalue weighted by Crippen LogP contribution is 2.22. The van der Waals surface area contributed by atoms with E-state index in [1.807, 2.05) is 49.4 Å². The van der Waals surface area contributed by atoms with E-state index >= 15 is 0 Å². The Bertz CT molecular complexity index is 596. The van der Waals surface area contributed by atoms with E-state index in [9.17, 15) is 4.79 Å². The van der Waals surface area contributed by atoms with Crippen molar-refractivity contribution in [3.05, 3.63) is 60.2 Å². The summed E-state index contributed by atoms with van der Waals surface area (Å²) in [7, 11) is 0. The van der Waals surface area contributed by atoms with E-state index in [0.29, 0.717) is 6.61 Å². The number of alkyl halides is 1. The summed E-state index contributed by atoms with van der Waals surface area (Å²) < 4.78 is 10.7. The second kappa shape index (κ2) is 9.36. The van der Waals surface area contributed by atoms with Crippen molar-refractivity contribution in [1.82, 2.24) is 0 Å². The van der Waals surface area contributed by atoms with Crippen LogP contribution in [0.4, 0.5) is 0 Å². The normalized spacial score (nSPS) is 11.7. The number of carbonyl (C=O) groups is 1. The van der Waals surface area contributed by atoms with Gasteiger partial charge in [0.15, 0.2) is 0 Å². The van der Waals surface area contributed by atoms with Gasteiger partial charge in [0.05, 0.1) is 6.61 Å². The Morgan fingerprint density at radius 2 is 1.70 bits per heavy atom. The van der Waals surface area contributed by atoms with Crippen LogP contribution >= 0.6 is 15.9 Å². The zero-order valence-corrected chi connectivity index (χ0v) is 14.8. The molecule has 0 saturated carbocycles. The number of benzene rings is 2. The van der Waals surface area contributed by atoms with Crippen LogP contribution in [-0.4, -0.2) is 17.4 Å². The molecule has 23 heavy (non-hydrogen) atoms. The first-order valence-corrected chi connectivity index (χ1v) is 8.73. The highest BCUT2D eigenvalue weighted by molar-refractivity contribution is 9.10. The van der Waals surface area contributed by atoms with Crippen molar-refractivity contribution in [2.45, 2.75) is 31.0 Å². The van der Waals surface area contributed by atoms with Crippen molar-refractivity contribution in [1.29, 1.82) is 0 Å². The molecular formula is C19H21BrO3. The smallest absolute Gasteiger partial charge is 0.319 e. The number of halogens is 1. The fourth-order valence-electron chi connectivity index (χ4n) is 2.18. The molecular weight excluding hydrogens is 356 g/mol. The zero-order valence-electron chi connectivity index (χ0n) is 13.2. The Labute approximate surface area is 145 Å². The third kappa shape index (κ3) is 6.06. The monoisotopic (exact) mass is 376 g/mol. The maximum absolute atomic E-state index is 11.5. The predicted molar refractivity (Wildman–Crippen MR) is 95.2 cm³/mol. The number of hydrogen-bond donors (Lipinski definition) is 0. The summed E-state index contributed by atoms with van der Waals surface area (Å²) in [4.78, 5) is 11.3. The minimum absolute atomic E-state index is 0.181. The highest BCUT2D eigenvalue weighted by Gasteiger charge is 2.15. The average molecular weight is 377 g/mol. The van der Waals surface area contributed by atoms with Gasteiger partial charge in [-0.1, -0.05) is 46.3 Å². The highest BCUT2D eigenvalue weighted by atomic mass is 79.9. The van der Waals surface area contributed by atoms with E-state index in [-0.39, 0.29) is 10.8 Å². The van der Waals surface area contributed by atoms with Gasteiger partial charge in [-0.05, 0) is 56.0 Å². The molecule has 2 aromatic rings. The molecule has 0 amide bonds. The van der Waals surface area contributed by atoms with Crippen LogP contribution in [0.1, 0.15) is 25.3 Å². The minimum atomic E-state index is -0.219. The van der Waals surface area contributed by atoms with E-state index in [2.05, 4.69) is 28.1 Å². The number of carbonyl (C=O) groups excluding carboxylic acids is 1. The van der Waals surface area contributed by atoms with E-state index < -0.39 is 0 Å². The molecule has 122 valence electrons. The van der Waals surface area contributed by atoms with Crippen LogP contribution in [0.15, 0.2) is 54.6 Å². The first-order chi connectivity index (χ1) is 11.2. The molecule has 0 aliphatic carbocycles. The molecule has 0 aliphatic heterocycles. The van der Waals surface area contributed by atoms with E-state index in [0.717, 1.165) is 30.8 Å². The van der Waals surface area contributed by atoms with Crippen LogP contribution in [0.3, 0.4) is 0 Å². The summed E-state index contributed by atoms with van der Waals surface area (Å²) in [6, 6.07) is 17.8. The van der Waals surface area contributed by atoms with Gasteiger partial charge in [-0.15, -0.1) is 0 Å². The summed E-state index contributed by atoms with van der Waals surface area (Å²) in [5, 5.41) is 0. The third-order valence-corrected chi connectivity index (χ3v) is 4.20. The number of para-hydroxylation sites is 1. The second-order valence-corrected chi connectivity index (χ2v) is 6.28. The van der Waals surface area contributed by atoms with Crippen molar-refractivity contribution in [3.63, 3.8) is 0 Å². The van der Waals surface area contributed by atoms with Gasteiger partial charge in [-0.3, -0.25) is 4.79 Å². The summed E-state index contributed by atoms with van der Waals surface area (Å²) in [5.74, 6) is 1.47. The number of esters is 1. The molecule has 4 heteroatoms. The fourth-order valence-corrected chi connectivity index (χ4v) is 2.64. The van der Waals surface area contributed by atoms with Crippen LogP contribution in [0.25, 0.3) is 0 Å².